The van der Waals surface area contributed by atoms with Gasteiger partial charge in [0.2, 0.25) is 0 Å². The lowest BCUT2D eigenvalue weighted by molar-refractivity contribution is -0.212. The number of hydrogen-bond donors (Lipinski definition) is 2. The first kappa shape index (κ1) is 11.0. The second-order valence-electron chi connectivity index (χ2n) is 4.63. The highest BCUT2D eigenvalue weighted by atomic mass is 16.5. The van der Waals surface area contributed by atoms with Crippen molar-refractivity contribution in [1.82, 2.24) is 0 Å². The summed E-state index contributed by atoms with van der Waals surface area (Å²) in [7, 11) is 0. The third-order valence-electron chi connectivity index (χ3n) is 2.83. The molecule has 1 heterocycles. The summed E-state index contributed by atoms with van der Waals surface area (Å²) < 4.78 is 5.59. The van der Waals surface area contributed by atoms with Gasteiger partial charge in [0, 0.05) is 6.42 Å². The zero-order valence-corrected chi connectivity index (χ0v) is 8.82. The Morgan fingerprint density at radius 2 is 2.00 bits per heavy atom. The predicted molar refractivity (Wildman–Crippen MR) is 50.4 cm³/mol. The molecule has 3 nitrogen and oxygen atoms in total. The van der Waals surface area contributed by atoms with E-state index in [9.17, 15) is 10.2 Å². The summed E-state index contributed by atoms with van der Waals surface area (Å²) in [6.07, 6.45) is -0.497. The van der Waals surface area contributed by atoms with Crippen molar-refractivity contribution in [2.45, 2.75) is 58.0 Å². The van der Waals surface area contributed by atoms with Crippen molar-refractivity contribution in [3.8, 4) is 0 Å². The second kappa shape index (κ2) is 3.56. The van der Waals surface area contributed by atoms with Gasteiger partial charge in [0.15, 0.2) is 0 Å². The van der Waals surface area contributed by atoms with Crippen LogP contribution in [0.15, 0.2) is 0 Å². The van der Waals surface area contributed by atoms with Gasteiger partial charge in [-0.3, -0.25) is 0 Å². The largest absolute Gasteiger partial charge is 0.387 e. The van der Waals surface area contributed by atoms with Gasteiger partial charge >= 0.3 is 0 Å². The third kappa shape index (κ3) is 2.22. The van der Waals surface area contributed by atoms with Gasteiger partial charge in [-0.2, -0.15) is 0 Å². The Kier molecular flexibility index (Phi) is 3.00. The first-order valence-corrected chi connectivity index (χ1v) is 4.90. The predicted octanol–water partition coefficient (Wildman–Crippen LogP) is 0.932. The summed E-state index contributed by atoms with van der Waals surface area (Å²) in [5, 5.41) is 19.5. The lowest BCUT2D eigenvalue weighted by atomic mass is 9.83. The van der Waals surface area contributed by atoms with Crippen LogP contribution < -0.4 is 0 Å². The van der Waals surface area contributed by atoms with Gasteiger partial charge in [-0.05, 0) is 19.8 Å². The lowest BCUT2D eigenvalue weighted by Gasteiger charge is -2.43. The Morgan fingerprint density at radius 1 is 1.46 bits per heavy atom. The van der Waals surface area contributed by atoms with E-state index in [2.05, 4.69) is 13.8 Å². The zero-order chi connectivity index (χ0) is 10.2. The molecule has 0 aromatic rings. The van der Waals surface area contributed by atoms with E-state index in [1.165, 1.54) is 0 Å². The van der Waals surface area contributed by atoms with Gasteiger partial charge in [0.1, 0.15) is 6.10 Å². The molecule has 1 fully saturated rings. The molecule has 4 atom stereocenters. The third-order valence-corrected chi connectivity index (χ3v) is 2.83. The normalized spacial score (nSPS) is 46.8. The number of aliphatic hydroxyl groups excluding tert-OH is 1. The van der Waals surface area contributed by atoms with E-state index >= 15 is 0 Å². The molecule has 1 saturated heterocycles. The van der Waals surface area contributed by atoms with Gasteiger partial charge in [-0.25, -0.2) is 0 Å². The summed E-state index contributed by atoms with van der Waals surface area (Å²) in [6, 6.07) is 0. The van der Waals surface area contributed by atoms with Crippen LogP contribution in [-0.2, 0) is 4.74 Å². The highest BCUT2D eigenvalue weighted by molar-refractivity contribution is 4.93. The topological polar surface area (TPSA) is 49.7 Å². The SMILES string of the molecule is CC(C)C1C[C@](C)(O)[C@@H](O)C(C)O1. The number of hydrogen-bond acceptors (Lipinski definition) is 3. The van der Waals surface area contributed by atoms with Crippen molar-refractivity contribution in [2.75, 3.05) is 0 Å². The minimum absolute atomic E-state index is 0.0494. The zero-order valence-electron chi connectivity index (χ0n) is 8.82. The average molecular weight is 188 g/mol. The molecular weight excluding hydrogens is 168 g/mol. The van der Waals surface area contributed by atoms with E-state index in [1.807, 2.05) is 0 Å². The molecule has 0 saturated carbocycles. The second-order valence-corrected chi connectivity index (χ2v) is 4.63. The van der Waals surface area contributed by atoms with Crippen LogP contribution in [0.2, 0.25) is 0 Å². The molecule has 0 aromatic carbocycles. The molecule has 0 bridgehead atoms. The number of ether oxygens (including phenoxy) is 1. The fraction of sp³-hybridized carbons (Fsp3) is 1.00. The monoisotopic (exact) mass is 188 g/mol. The molecule has 0 aliphatic carbocycles. The highest BCUT2D eigenvalue weighted by Crippen LogP contribution is 2.31. The molecule has 0 radical (unpaired) electrons. The maximum Gasteiger partial charge on any atom is 0.108 e. The molecule has 3 heteroatoms. The van der Waals surface area contributed by atoms with E-state index in [0.29, 0.717) is 12.3 Å². The standard InChI is InChI=1S/C10H20O3/c1-6(2)8-5-10(4,12)9(11)7(3)13-8/h6-9,11-12H,5H2,1-4H3/t7?,8?,9-,10-/m0/s1. The number of aliphatic hydroxyl groups is 2. The van der Waals surface area contributed by atoms with E-state index in [-0.39, 0.29) is 12.2 Å². The van der Waals surface area contributed by atoms with Crippen molar-refractivity contribution in [2.24, 2.45) is 5.92 Å². The summed E-state index contributed by atoms with van der Waals surface area (Å²) in [6.45, 7) is 7.59. The lowest BCUT2D eigenvalue weighted by Crippen LogP contribution is -2.55. The Labute approximate surface area is 79.7 Å². The Morgan fingerprint density at radius 3 is 2.38 bits per heavy atom. The Hall–Kier alpha value is -0.120. The van der Waals surface area contributed by atoms with Gasteiger partial charge in [-0.15, -0.1) is 0 Å². The molecule has 2 N–H and O–H groups in total. The van der Waals surface area contributed by atoms with Crippen LogP contribution in [0.5, 0.6) is 0 Å². The summed E-state index contributed by atoms with van der Waals surface area (Å²) in [5.41, 5.74) is -1.01. The van der Waals surface area contributed by atoms with E-state index in [0.717, 1.165) is 0 Å². The van der Waals surface area contributed by atoms with Crippen LogP contribution in [0.4, 0.5) is 0 Å². The van der Waals surface area contributed by atoms with Crippen molar-refractivity contribution in [1.29, 1.82) is 0 Å². The van der Waals surface area contributed by atoms with Gasteiger partial charge in [-0.1, -0.05) is 13.8 Å². The van der Waals surface area contributed by atoms with E-state index in [1.54, 1.807) is 13.8 Å². The number of rotatable bonds is 1. The van der Waals surface area contributed by atoms with Crippen molar-refractivity contribution < 1.29 is 14.9 Å². The van der Waals surface area contributed by atoms with Gasteiger partial charge in [0.25, 0.3) is 0 Å². The molecule has 1 aliphatic heterocycles. The van der Waals surface area contributed by atoms with Crippen LogP contribution in [-0.4, -0.2) is 34.1 Å². The molecule has 78 valence electrons. The first-order chi connectivity index (χ1) is 5.84. The summed E-state index contributed by atoms with van der Waals surface area (Å²) in [4.78, 5) is 0. The molecule has 0 amide bonds. The first-order valence-electron chi connectivity index (χ1n) is 4.90. The molecule has 1 rings (SSSR count). The van der Waals surface area contributed by atoms with Crippen molar-refractivity contribution in [3.05, 3.63) is 0 Å². The fourth-order valence-electron chi connectivity index (χ4n) is 1.82. The Balaban J connectivity index is 2.70. The average Bonchev–Trinajstić information content (AvgIpc) is 1.99. The van der Waals surface area contributed by atoms with Crippen LogP contribution in [0.25, 0.3) is 0 Å². The molecule has 0 spiro atoms. The van der Waals surface area contributed by atoms with Crippen LogP contribution in [0, 0.1) is 5.92 Å². The fourth-order valence-corrected chi connectivity index (χ4v) is 1.82. The van der Waals surface area contributed by atoms with Gasteiger partial charge < -0.3 is 14.9 Å². The quantitative estimate of drug-likeness (QED) is 0.643. The van der Waals surface area contributed by atoms with Crippen molar-refractivity contribution >= 4 is 0 Å². The van der Waals surface area contributed by atoms with Gasteiger partial charge in [0.05, 0.1) is 17.8 Å². The molecule has 2 unspecified atom stereocenters. The summed E-state index contributed by atoms with van der Waals surface area (Å²) in [5.74, 6) is 0.376. The van der Waals surface area contributed by atoms with Crippen molar-refractivity contribution in [3.63, 3.8) is 0 Å². The summed E-state index contributed by atoms with van der Waals surface area (Å²) >= 11 is 0. The maximum absolute atomic E-state index is 9.90. The minimum Gasteiger partial charge on any atom is -0.387 e. The molecule has 13 heavy (non-hydrogen) atoms. The Bertz CT molecular complexity index is 177. The molecule has 0 aromatic heterocycles. The van der Waals surface area contributed by atoms with Crippen LogP contribution in [0.3, 0.4) is 0 Å². The van der Waals surface area contributed by atoms with E-state index in [4.69, 9.17) is 4.74 Å². The molecule has 1 aliphatic rings. The minimum atomic E-state index is -1.01. The van der Waals surface area contributed by atoms with E-state index < -0.39 is 11.7 Å². The highest BCUT2D eigenvalue weighted by Gasteiger charge is 2.43. The van der Waals surface area contributed by atoms with Crippen LogP contribution in [0.1, 0.15) is 34.1 Å². The smallest absolute Gasteiger partial charge is 0.108 e. The maximum atomic E-state index is 9.90. The molecular formula is C10H20O3. The van der Waals surface area contributed by atoms with Crippen LogP contribution >= 0.6 is 0 Å².